The van der Waals surface area contributed by atoms with E-state index >= 15 is 0 Å². The van der Waals surface area contributed by atoms with E-state index < -0.39 is 6.10 Å². The average molecular weight is 361 g/mol. The van der Waals surface area contributed by atoms with Gasteiger partial charge in [-0.15, -0.1) is 12.4 Å². The number of hydrogen-bond donors (Lipinski definition) is 1. The predicted molar refractivity (Wildman–Crippen MR) is 96.4 cm³/mol. The van der Waals surface area contributed by atoms with Gasteiger partial charge in [-0.2, -0.15) is 0 Å². The molecular weight excluding hydrogens is 335 g/mol. The fourth-order valence-corrected chi connectivity index (χ4v) is 3.03. The fourth-order valence-electron chi connectivity index (χ4n) is 2.84. The van der Waals surface area contributed by atoms with Crippen LogP contribution in [0.15, 0.2) is 24.3 Å². The van der Waals surface area contributed by atoms with Gasteiger partial charge < -0.3 is 15.4 Å². The zero-order valence-corrected chi connectivity index (χ0v) is 15.3. The summed E-state index contributed by atoms with van der Waals surface area (Å²) in [7, 11) is 0. The monoisotopic (exact) mass is 360 g/mol. The summed E-state index contributed by atoms with van der Waals surface area (Å²) in [6.07, 6.45) is 2.21. The number of nitrogens with zero attached hydrogens (tertiary/aromatic N) is 1. The number of benzene rings is 1. The Morgan fingerprint density at radius 3 is 2.78 bits per heavy atom. The SMILES string of the molecule is CCC(Oc1ccccc1Cl)C(=O)N1CCCC(C(C)N)C1.Cl. The summed E-state index contributed by atoms with van der Waals surface area (Å²) < 4.78 is 5.85. The van der Waals surface area contributed by atoms with Gasteiger partial charge in [0.1, 0.15) is 5.75 Å². The zero-order valence-electron chi connectivity index (χ0n) is 13.7. The molecule has 0 bridgehead atoms. The molecule has 1 aromatic carbocycles. The van der Waals surface area contributed by atoms with Crippen molar-refractivity contribution in [3.05, 3.63) is 29.3 Å². The molecule has 23 heavy (non-hydrogen) atoms. The van der Waals surface area contributed by atoms with Crippen molar-refractivity contribution in [2.24, 2.45) is 11.7 Å². The Morgan fingerprint density at radius 1 is 1.48 bits per heavy atom. The Morgan fingerprint density at radius 2 is 2.17 bits per heavy atom. The number of nitrogens with two attached hydrogens (primary N) is 1. The second kappa shape index (κ2) is 9.36. The highest BCUT2D eigenvalue weighted by molar-refractivity contribution is 6.32. The number of likely N-dealkylation sites (tertiary alicyclic amines) is 1. The molecule has 0 aliphatic carbocycles. The fraction of sp³-hybridized carbons (Fsp3) is 0.588. The van der Waals surface area contributed by atoms with Gasteiger partial charge in [-0.3, -0.25) is 4.79 Å². The normalized spacial score (nSPS) is 20.3. The van der Waals surface area contributed by atoms with E-state index in [4.69, 9.17) is 22.1 Å². The van der Waals surface area contributed by atoms with Crippen molar-refractivity contribution in [1.82, 2.24) is 4.90 Å². The molecule has 0 aromatic heterocycles. The Bertz CT molecular complexity index is 511. The molecule has 6 heteroatoms. The first-order chi connectivity index (χ1) is 10.5. The van der Waals surface area contributed by atoms with Crippen molar-refractivity contribution in [2.45, 2.75) is 45.3 Å². The molecular formula is C17H26Cl2N2O2. The van der Waals surface area contributed by atoms with E-state index in [-0.39, 0.29) is 24.4 Å². The largest absolute Gasteiger partial charge is 0.479 e. The van der Waals surface area contributed by atoms with Crippen molar-refractivity contribution < 1.29 is 9.53 Å². The summed E-state index contributed by atoms with van der Waals surface area (Å²) in [5.41, 5.74) is 5.99. The lowest BCUT2D eigenvalue weighted by Crippen LogP contribution is -2.49. The van der Waals surface area contributed by atoms with Crippen LogP contribution >= 0.6 is 24.0 Å². The number of amides is 1. The number of rotatable bonds is 5. The lowest BCUT2D eigenvalue weighted by molar-refractivity contribution is -0.140. The second-order valence-electron chi connectivity index (χ2n) is 5.99. The van der Waals surface area contributed by atoms with Crippen LogP contribution in [0, 0.1) is 5.92 Å². The van der Waals surface area contributed by atoms with E-state index in [1.807, 2.05) is 30.9 Å². The maximum absolute atomic E-state index is 12.7. The number of ether oxygens (including phenoxy) is 1. The highest BCUT2D eigenvalue weighted by Crippen LogP contribution is 2.26. The molecule has 3 unspecified atom stereocenters. The molecule has 3 atom stereocenters. The number of piperidine rings is 1. The molecule has 1 aliphatic heterocycles. The van der Waals surface area contributed by atoms with Crippen LogP contribution in [0.1, 0.15) is 33.1 Å². The van der Waals surface area contributed by atoms with Crippen LogP contribution < -0.4 is 10.5 Å². The van der Waals surface area contributed by atoms with E-state index in [1.165, 1.54) is 0 Å². The van der Waals surface area contributed by atoms with Gasteiger partial charge >= 0.3 is 0 Å². The van der Waals surface area contributed by atoms with Gasteiger partial charge in [-0.05, 0) is 44.2 Å². The molecule has 0 spiro atoms. The molecule has 4 nitrogen and oxygen atoms in total. The maximum Gasteiger partial charge on any atom is 0.263 e. The van der Waals surface area contributed by atoms with Crippen molar-refractivity contribution >= 4 is 29.9 Å². The van der Waals surface area contributed by atoms with E-state index in [0.717, 1.165) is 25.9 Å². The lowest BCUT2D eigenvalue weighted by Gasteiger charge is -2.36. The number of halogens is 2. The third kappa shape index (κ3) is 5.27. The van der Waals surface area contributed by atoms with Crippen LogP contribution in [0.5, 0.6) is 5.75 Å². The van der Waals surface area contributed by atoms with E-state index in [9.17, 15) is 4.79 Å². The van der Waals surface area contributed by atoms with E-state index in [2.05, 4.69) is 0 Å². The van der Waals surface area contributed by atoms with Gasteiger partial charge in [0.15, 0.2) is 6.10 Å². The second-order valence-corrected chi connectivity index (χ2v) is 6.40. The first-order valence-electron chi connectivity index (χ1n) is 7.98. The van der Waals surface area contributed by atoms with Gasteiger partial charge in [-0.1, -0.05) is 30.7 Å². The zero-order chi connectivity index (χ0) is 16.1. The molecule has 1 saturated heterocycles. The van der Waals surface area contributed by atoms with E-state index in [1.54, 1.807) is 12.1 Å². The lowest BCUT2D eigenvalue weighted by atomic mass is 9.92. The van der Waals surface area contributed by atoms with Gasteiger partial charge in [0.05, 0.1) is 5.02 Å². The molecule has 1 fully saturated rings. The standard InChI is InChI=1S/C17H25ClN2O2.ClH/c1-3-15(22-16-9-5-4-8-14(16)18)17(21)20-10-6-7-13(11-20)12(2)19;/h4-5,8-9,12-13,15H,3,6-7,10-11,19H2,1-2H3;1H. The number of para-hydroxylation sites is 1. The third-order valence-corrected chi connectivity index (χ3v) is 4.58. The van der Waals surface area contributed by atoms with E-state index in [0.29, 0.717) is 23.1 Å². The summed E-state index contributed by atoms with van der Waals surface area (Å²) in [5, 5.41) is 0.529. The Kier molecular flexibility index (Phi) is 8.17. The molecule has 0 radical (unpaired) electrons. The molecule has 130 valence electrons. The minimum atomic E-state index is -0.494. The first-order valence-corrected chi connectivity index (χ1v) is 8.36. The third-order valence-electron chi connectivity index (χ3n) is 4.27. The first kappa shape index (κ1) is 20.1. The quantitative estimate of drug-likeness (QED) is 0.873. The van der Waals surface area contributed by atoms with Gasteiger partial charge in [0.25, 0.3) is 5.91 Å². The highest BCUT2D eigenvalue weighted by atomic mass is 35.5. The molecule has 0 saturated carbocycles. The van der Waals surface area contributed by atoms with Crippen molar-refractivity contribution in [3.63, 3.8) is 0 Å². The molecule has 1 aliphatic rings. The van der Waals surface area contributed by atoms with Crippen molar-refractivity contribution in [1.29, 1.82) is 0 Å². The number of carbonyl (C=O) groups excluding carboxylic acids is 1. The van der Waals surface area contributed by atoms with Crippen molar-refractivity contribution in [2.75, 3.05) is 13.1 Å². The number of hydrogen-bond acceptors (Lipinski definition) is 3. The Balaban J connectivity index is 0.00000264. The maximum atomic E-state index is 12.7. The highest BCUT2D eigenvalue weighted by Gasteiger charge is 2.30. The van der Waals surface area contributed by atoms with Crippen molar-refractivity contribution in [3.8, 4) is 5.75 Å². The molecule has 1 aromatic rings. The summed E-state index contributed by atoms with van der Waals surface area (Å²) >= 11 is 6.11. The van der Waals surface area contributed by atoms with Crippen LogP contribution in [-0.2, 0) is 4.79 Å². The minimum Gasteiger partial charge on any atom is -0.479 e. The van der Waals surface area contributed by atoms with Crippen LogP contribution in [0.2, 0.25) is 5.02 Å². The summed E-state index contributed by atoms with van der Waals surface area (Å²) in [6.45, 7) is 5.46. The predicted octanol–water partition coefficient (Wildman–Crippen LogP) is 3.51. The topological polar surface area (TPSA) is 55.6 Å². The van der Waals surface area contributed by atoms with Gasteiger partial charge in [-0.25, -0.2) is 0 Å². The summed E-state index contributed by atoms with van der Waals surface area (Å²) in [5.74, 6) is 0.966. The number of carbonyl (C=O) groups is 1. The van der Waals surface area contributed by atoms with Gasteiger partial charge in [0.2, 0.25) is 0 Å². The van der Waals surface area contributed by atoms with Crippen LogP contribution in [0.4, 0.5) is 0 Å². The molecule has 1 amide bonds. The van der Waals surface area contributed by atoms with Crippen LogP contribution in [-0.4, -0.2) is 36.0 Å². The molecule has 1 heterocycles. The Labute approximate surface area is 149 Å². The van der Waals surface area contributed by atoms with Crippen LogP contribution in [0.25, 0.3) is 0 Å². The average Bonchev–Trinajstić information content (AvgIpc) is 2.53. The summed E-state index contributed by atoms with van der Waals surface area (Å²) in [6, 6.07) is 7.36. The summed E-state index contributed by atoms with van der Waals surface area (Å²) in [4.78, 5) is 14.6. The van der Waals surface area contributed by atoms with Gasteiger partial charge in [0, 0.05) is 19.1 Å². The molecule has 2 rings (SSSR count). The minimum absolute atomic E-state index is 0. The Hall–Kier alpha value is -0.970. The van der Waals surface area contributed by atoms with Crippen LogP contribution in [0.3, 0.4) is 0 Å². The molecule has 2 N–H and O–H groups in total. The smallest absolute Gasteiger partial charge is 0.263 e.